The fraction of sp³-hybridized carbons (Fsp3) is 0.538. The zero-order valence-electron chi connectivity index (χ0n) is 10.5. The largest absolute Gasteiger partial charge is 0.381 e. The fourth-order valence-corrected chi connectivity index (χ4v) is 4.47. The molecule has 0 bridgehead atoms. The van der Waals surface area contributed by atoms with Gasteiger partial charge in [0.05, 0.1) is 11.5 Å². The molecule has 5 heteroatoms. The Balaban J connectivity index is 1.75. The zero-order valence-corrected chi connectivity index (χ0v) is 11.3. The summed E-state index contributed by atoms with van der Waals surface area (Å²) in [4.78, 5) is 2.25. The summed E-state index contributed by atoms with van der Waals surface area (Å²) in [5.74, 6) is 0.586. The standard InChI is InChI=1S/C13H18N2O2S/c1-15-6-4-10-8-11(2-3-13(10)15)14-12-5-7-18(16,17)9-12/h2-3,8,12,14H,4-7,9H2,1H3. The predicted molar refractivity (Wildman–Crippen MR) is 74.1 cm³/mol. The summed E-state index contributed by atoms with van der Waals surface area (Å²) >= 11 is 0. The van der Waals surface area contributed by atoms with Crippen LogP contribution in [-0.2, 0) is 16.3 Å². The Kier molecular flexibility index (Phi) is 2.73. The van der Waals surface area contributed by atoms with Gasteiger partial charge in [0.25, 0.3) is 0 Å². The molecule has 18 heavy (non-hydrogen) atoms. The zero-order chi connectivity index (χ0) is 12.8. The number of likely N-dealkylation sites (N-methyl/N-ethyl adjacent to an activating group) is 1. The Morgan fingerprint density at radius 1 is 1.39 bits per heavy atom. The van der Waals surface area contributed by atoms with Crippen molar-refractivity contribution in [1.29, 1.82) is 0 Å². The Morgan fingerprint density at radius 3 is 2.94 bits per heavy atom. The molecule has 0 aliphatic carbocycles. The van der Waals surface area contributed by atoms with Crippen LogP contribution in [0.4, 0.5) is 11.4 Å². The molecule has 2 aliphatic rings. The normalized spacial score (nSPS) is 25.2. The van der Waals surface area contributed by atoms with Gasteiger partial charge in [-0.2, -0.15) is 0 Å². The maximum atomic E-state index is 11.4. The van der Waals surface area contributed by atoms with Crippen molar-refractivity contribution in [3.63, 3.8) is 0 Å². The van der Waals surface area contributed by atoms with Gasteiger partial charge in [-0.05, 0) is 36.6 Å². The molecule has 2 aliphatic heterocycles. The van der Waals surface area contributed by atoms with Crippen molar-refractivity contribution in [3.05, 3.63) is 23.8 Å². The van der Waals surface area contributed by atoms with E-state index in [1.54, 1.807) is 0 Å². The summed E-state index contributed by atoms with van der Waals surface area (Å²) < 4.78 is 22.8. The van der Waals surface area contributed by atoms with Crippen LogP contribution in [0.3, 0.4) is 0 Å². The molecule has 0 aromatic heterocycles. The number of anilines is 2. The topological polar surface area (TPSA) is 49.4 Å². The maximum absolute atomic E-state index is 11.4. The van der Waals surface area contributed by atoms with Gasteiger partial charge >= 0.3 is 0 Å². The number of rotatable bonds is 2. The molecule has 0 amide bonds. The van der Waals surface area contributed by atoms with Crippen molar-refractivity contribution < 1.29 is 8.42 Å². The van der Waals surface area contributed by atoms with Crippen LogP contribution in [0.2, 0.25) is 0 Å². The third-order valence-corrected chi connectivity index (χ3v) is 5.58. The lowest BCUT2D eigenvalue weighted by Crippen LogP contribution is -2.20. The molecule has 4 nitrogen and oxygen atoms in total. The Hall–Kier alpha value is -1.23. The van der Waals surface area contributed by atoms with Gasteiger partial charge in [-0.3, -0.25) is 0 Å². The van der Waals surface area contributed by atoms with E-state index >= 15 is 0 Å². The van der Waals surface area contributed by atoms with Gasteiger partial charge < -0.3 is 10.2 Å². The number of sulfone groups is 1. The average molecular weight is 266 g/mol. The minimum absolute atomic E-state index is 0.0761. The summed E-state index contributed by atoms with van der Waals surface area (Å²) in [6.07, 6.45) is 1.80. The number of benzene rings is 1. The molecule has 1 aromatic carbocycles. The van der Waals surface area contributed by atoms with Crippen LogP contribution in [0, 0.1) is 0 Å². The molecule has 1 N–H and O–H groups in total. The van der Waals surface area contributed by atoms with Crippen LogP contribution in [0.1, 0.15) is 12.0 Å². The first-order valence-electron chi connectivity index (χ1n) is 6.34. The van der Waals surface area contributed by atoms with Gasteiger partial charge in [0.15, 0.2) is 9.84 Å². The van der Waals surface area contributed by atoms with Crippen LogP contribution in [0.5, 0.6) is 0 Å². The minimum Gasteiger partial charge on any atom is -0.381 e. The van der Waals surface area contributed by atoms with Crippen molar-refractivity contribution in [2.75, 3.05) is 35.3 Å². The van der Waals surface area contributed by atoms with Crippen molar-refractivity contribution in [2.24, 2.45) is 0 Å². The van der Waals surface area contributed by atoms with E-state index in [0.717, 1.165) is 25.1 Å². The van der Waals surface area contributed by atoms with Crippen LogP contribution >= 0.6 is 0 Å². The van der Waals surface area contributed by atoms with Crippen molar-refractivity contribution in [2.45, 2.75) is 18.9 Å². The highest BCUT2D eigenvalue weighted by Gasteiger charge is 2.27. The van der Waals surface area contributed by atoms with Gasteiger partial charge in [-0.15, -0.1) is 0 Å². The summed E-state index contributed by atoms with van der Waals surface area (Å²) in [5, 5.41) is 3.34. The molecule has 1 aromatic rings. The quantitative estimate of drug-likeness (QED) is 0.876. The number of nitrogens with one attached hydrogen (secondary N) is 1. The molecule has 3 rings (SSSR count). The van der Waals surface area contributed by atoms with E-state index in [2.05, 4.69) is 29.4 Å². The van der Waals surface area contributed by atoms with Crippen LogP contribution < -0.4 is 10.2 Å². The molecule has 1 saturated heterocycles. The Morgan fingerprint density at radius 2 is 2.22 bits per heavy atom. The van der Waals surface area contributed by atoms with Crippen LogP contribution in [0.15, 0.2) is 18.2 Å². The second-order valence-electron chi connectivity index (χ2n) is 5.26. The van der Waals surface area contributed by atoms with Crippen molar-refractivity contribution in [1.82, 2.24) is 0 Å². The third kappa shape index (κ3) is 2.19. The number of hydrogen-bond acceptors (Lipinski definition) is 4. The van der Waals surface area contributed by atoms with Crippen LogP contribution in [-0.4, -0.2) is 39.6 Å². The summed E-state index contributed by atoms with van der Waals surface area (Å²) in [7, 11) is -0.707. The summed E-state index contributed by atoms with van der Waals surface area (Å²) in [5.41, 5.74) is 3.69. The van der Waals surface area contributed by atoms with Gasteiger partial charge in [0.1, 0.15) is 0 Å². The molecule has 2 heterocycles. The fourth-order valence-electron chi connectivity index (χ4n) is 2.80. The lowest BCUT2D eigenvalue weighted by atomic mass is 10.1. The molecule has 98 valence electrons. The highest BCUT2D eigenvalue weighted by atomic mass is 32.2. The van der Waals surface area contributed by atoms with Gasteiger partial charge in [0, 0.05) is 31.0 Å². The van der Waals surface area contributed by atoms with E-state index in [1.165, 1.54) is 11.3 Å². The lowest BCUT2D eigenvalue weighted by Gasteiger charge is -2.15. The van der Waals surface area contributed by atoms with E-state index in [9.17, 15) is 8.42 Å². The number of hydrogen-bond donors (Lipinski definition) is 1. The molecule has 1 unspecified atom stereocenters. The van der Waals surface area contributed by atoms with E-state index in [-0.39, 0.29) is 11.8 Å². The first-order valence-corrected chi connectivity index (χ1v) is 8.17. The van der Waals surface area contributed by atoms with E-state index in [0.29, 0.717) is 5.75 Å². The SMILES string of the molecule is CN1CCc2cc(NC3CCS(=O)(=O)C3)ccc21. The summed E-state index contributed by atoms with van der Waals surface area (Å²) in [6.45, 7) is 1.07. The first kappa shape index (κ1) is 11.8. The molecule has 1 atom stereocenters. The monoisotopic (exact) mass is 266 g/mol. The van der Waals surface area contributed by atoms with Crippen LogP contribution in [0.25, 0.3) is 0 Å². The van der Waals surface area contributed by atoms with E-state index < -0.39 is 9.84 Å². The number of fused-ring (bicyclic) bond motifs is 1. The predicted octanol–water partition coefficient (Wildman–Crippen LogP) is 1.28. The highest BCUT2D eigenvalue weighted by molar-refractivity contribution is 7.91. The van der Waals surface area contributed by atoms with Gasteiger partial charge in [-0.25, -0.2) is 8.42 Å². The highest BCUT2D eigenvalue weighted by Crippen LogP contribution is 2.30. The molecular weight excluding hydrogens is 248 g/mol. The van der Waals surface area contributed by atoms with Gasteiger partial charge in [-0.1, -0.05) is 0 Å². The molecule has 0 radical (unpaired) electrons. The van der Waals surface area contributed by atoms with Crippen molar-refractivity contribution in [3.8, 4) is 0 Å². The average Bonchev–Trinajstić information content (AvgIpc) is 2.83. The van der Waals surface area contributed by atoms with E-state index in [4.69, 9.17) is 0 Å². The lowest BCUT2D eigenvalue weighted by molar-refractivity contribution is 0.602. The first-order chi connectivity index (χ1) is 8.53. The Bertz CT molecular complexity index is 568. The second-order valence-corrected chi connectivity index (χ2v) is 7.49. The molecule has 0 saturated carbocycles. The molecule has 0 spiro atoms. The smallest absolute Gasteiger partial charge is 0.152 e. The van der Waals surface area contributed by atoms with Crippen molar-refractivity contribution >= 4 is 21.2 Å². The number of nitrogens with zero attached hydrogens (tertiary/aromatic N) is 1. The maximum Gasteiger partial charge on any atom is 0.152 e. The third-order valence-electron chi connectivity index (χ3n) is 3.81. The summed E-state index contributed by atoms with van der Waals surface area (Å²) in [6, 6.07) is 6.40. The Labute approximate surface area is 108 Å². The molecular formula is C13H18N2O2S. The minimum atomic E-state index is -2.81. The molecule has 1 fully saturated rings. The second kappa shape index (κ2) is 4.16. The van der Waals surface area contributed by atoms with E-state index in [1.807, 2.05) is 6.07 Å². The van der Waals surface area contributed by atoms with Gasteiger partial charge in [0.2, 0.25) is 0 Å².